The highest BCUT2D eigenvalue weighted by Crippen LogP contribution is 2.36. The van der Waals surface area contributed by atoms with Gasteiger partial charge in [-0.3, -0.25) is 0 Å². The average Bonchev–Trinajstić information content (AvgIpc) is 3.30. The first kappa shape index (κ1) is 24.0. The summed E-state index contributed by atoms with van der Waals surface area (Å²) >= 11 is 6.48. The maximum atomic E-state index is 12.3. The van der Waals surface area contributed by atoms with Crippen molar-refractivity contribution in [3.63, 3.8) is 0 Å². The molecule has 0 radical (unpaired) electrons. The van der Waals surface area contributed by atoms with E-state index in [1.165, 1.54) is 7.11 Å². The zero-order valence-electron chi connectivity index (χ0n) is 18.8. The van der Waals surface area contributed by atoms with Crippen LogP contribution in [0.5, 0.6) is 5.75 Å². The molecule has 2 aromatic rings. The van der Waals surface area contributed by atoms with Crippen LogP contribution in [0.4, 0.5) is 0 Å². The lowest BCUT2D eigenvalue weighted by Gasteiger charge is -2.32. The van der Waals surface area contributed by atoms with Crippen molar-refractivity contribution >= 4 is 17.6 Å². The van der Waals surface area contributed by atoms with Gasteiger partial charge in [0.1, 0.15) is 5.75 Å². The summed E-state index contributed by atoms with van der Waals surface area (Å²) in [5.74, 6) is 0.330. The Kier molecular flexibility index (Phi) is 7.59. The Bertz CT molecular complexity index is 954. The molecule has 0 aromatic heterocycles. The van der Waals surface area contributed by atoms with Crippen molar-refractivity contribution in [1.29, 1.82) is 0 Å². The highest BCUT2D eigenvalue weighted by molar-refractivity contribution is 6.31. The summed E-state index contributed by atoms with van der Waals surface area (Å²) in [5, 5.41) is 20.2. The molecule has 178 valence electrons. The molecule has 0 spiro atoms. The number of carbonyl (C=O) groups is 1. The molecule has 0 amide bonds. The Morgan fingerprint density at radius 3 is 2.55 bits per heavy atom. The predicted molar refractivity (Wildman–Crippen MR) is 124 cm³/mol. The maximum absolute atomic E-state index is 12.3. The first-order valence-corrected chi connectivity index (χ1v) is 11.9. The normalized spacial score (nSPS) is 24.4. The largest absolute Gasteiger partial charge is 0.476 e. The fourth-order valence-corrected chi connectivity index (χ4v) is 5.04. The van der Waals surface area contributed by atoms with Gasteiger partial charge in [-0.05, 0) is 67.0 Å². The molecule has 1 saturated heterocycles. The third-order valence-corrected chi connectivity index (χ3v) is 6.99. The zero-order chi connectivity index (χ0) is 23.4. The number of halogens is 1. The zero-order valence-corrected chi connectivity index (χ0v) is 19.6. The molecule has 2 aliphatic rings. The van der Waals surface area contributed by atoms with Crippen LogP contribution in [-0.4, -0.2) is 47.7 Å². The molecular weight excluding hydrogens is 444 g/mol. The van der Waals surface area contributed by atoms with Gasteiger partial charge in [-0.2, -0.15) is 0 Å². The number of benzene rings is 2. The van der Waals surface area contributed by atoms with E-state index in [0.29, 0.717) is 42.9 Å². The summed E-state index contributed by atoms with van der Waals surface area (Å²) in [6, 6.07) is 13.5. The van der Waals surface area contributed by atoms with E-state index >= 15 is 0 Å². The van der Waals surface area contributed by atoms with Crippen LogP contribution in [0.3, 0.4) is 0 Å². The van der Waals surface area contributed by atoms with E-state index in [9.17, 15) is 15.0 Å². The number of rotatable bonds is 7. The Balaban J connectivity index is 1.47. The number of methoxy groups -OCH3 is 1. The second-order valence-corrected chi connectivity index (χ2v) is 9.43. The maximum Gasteiger partial charge on any atom is 0.350 e. The van der Waals surface area contributed by atoms with Crippen LogP contribution in [0.1, 0.15) is 61.3 Å². The third-order valence-electron chi connectivity index (χ3n) is 6.62. The number of hydrogen-bond acceptors (Lipinski definition) is 6. The minimum Gasteiger partial charge on any atom is -0.476 e. The van der Waals surface area contributed by atoms with Crippen LogP contribution in [0.25, 0.3) is 0 Å². The molecule has 3 atom stereocenters. The summed E-state index contributed by atoms with van der Waals surface area (Å²) in [7, 11) is 1.40. The SMILES string of the molecule is COC(=O)C1(Oc2ccc(Cc3cc([C@H]4C[C@@H](O)C[C@@H](CO)O4)ccc3Cl)cc2)CCCC1. The van der Waals surface area contributed by atoms with E-state index in [0.717, 1.165) is 29.5 Å². The van der Waals surface area contributed by atoms with E-state index in [1.807, 2.05) is 42.5 Å². The monoisotopic (exact) mass is 474 g/mol. The van der Waals surface area contributed by atoms with Gasteiger partial charge >= 0.3 is 5.97 Å². The minimum atomic E-state index is -0.884. The summed E-state index contributed by atoms with van der Waals surface area (Å²) in [5.41, 5.74) is 2.06. The van der Waals surface area contributed by atoms with Gasteiger partial charge in [0.15, 0.2) is 0 Å². The van der Waals surface area contributed by atoms with Crippen molar-refractivity contribution in [3.8, 4) is 5.75 Å². The summed E-state index contributed by atoms with van der Waals surface area (Å²) in [6.45, 7) is -0.111. The highest BCUT2D eigenvalue weighted by atomic mass is 35.5. The average molecular weight is 475 g/mol. The number of aliphatic hydroxyl groups is 2. The standard InChI is InChI=1S/C26H31ClO6/c1-31-25(30)26(10-2-3-11-26)33-21-7-4-17(5-8-21)12-19-13-18(6-9-23(19)27)24-15-20(29)14-22(16-28)32-24/h4-9,13,20,22,24,28-29H,2-3,10-12,14-16H2,1H3/t20-,22-,24+/m0/s1. The topological polar surface area (TPSA) is 85.2 Å². The Morgan fingerprint density at radius 2 is 1.88 bits per heavy atom. The summed E-state index contributed by atoms with van der Waals surface area (Å²) in [4.78, 5) is 12.3. The lowest BCUT2D eigenvalue weighted by molar-refractivity contribution is -0.158. The first-order chi connectivity index (χ1) is 15.9. The summed E-state index contributed by atoms with van der Waals surface area (Å²) in [6.07, 6.45) is 3.64. The van der Waals surface area contributed by atoms with Crippen LogP contribution in [0.15, 0.2) is 42.5 Å². The van der Waals surface area contributed by atoms with Gasteiger partial charge in [0.2, 0.25) is 5.60 Å². The lowest BCUT2D eigenvalue weighted by Crippen LogP contribution is -2.42. The fraction of sp³-hybridized carbons (Fsp3) is 0.500. The predicted octanol–water partition coefficient (Wildman–Crippen LogP) is 4.37. The Hall–Kier alpha value is -2.12. The van der Waals surface area contributed by atoms with Gasteiger partial charge in [-0.15, -0.1) is 0 Å². The molecule has 7 heteroatoms. The van der Waals surface area contributed by atoms with Gasteiger partial charge in [0.05, 0.1) is 32.0 Å². The minimum absolute atomic E-state index is 0.111. The van der Waals surface area contributed by atoms with Crippen LogP contribution < -0.4 is 4.74 Å². The molecule has 6 nitrogen and oxygen atoms in total. The Morgan fingerprint density at radius 1 is 1.15 bits per heavy atom. The molecule has 1 aliphatic carbocycles. The van der Waals surface area contributed by atoms with Crippen molar-refractivity contribution in [2.75, 3.05) is 13.7 Å². The molecule has 1 aliphatic heterocycles. The van der Waals surface area contributed by atoms with Gasteiger partial charge in [0.25, 0.3) is 0 Å². The number of hydrogen-bond donors (Lipinski definition) is 2. The second-order valence-electron chi connectivity index (χ2n) is 9.02. The van der Waals surface area contributed by atoms with Gasteiger partial charge in [-0.1, -0.05) is 35.9 Å². The molecule has 4 rings (SSSR count). The van der Waals surface area contributed by atoms with Gasteiger partial charge in [-0.25, -0.2) is 4.79 Å². The van der Waals surface area contributed by atoms with Crippen LogP contribution in [0, 0.1) is 0 Å². The van der Waals surface area contributed by atoms with E-state index < -0.39 is 11.7 Å². The van der Waals surface area contributed by atoms with Gasteiger partial charge < -0.3 is 24.4 Å². The van der Waals surface area contributed by atoms with E-state index in [-0.39, 0.29) is 24.8 Å². The molecular formula is C26H31ClO6. The van der Waals surface area contributed by atoms with Crippen molar-refractivity contribution in [2.24, 2.45) is 0 Å². The number of aliphatic hydroxyl groups excluding tert-OH is 2. The number of carbonyl (C=O) groups excluding carboxylic acids is 1. The molecule has 0 bridgehead atoms. The van der Waals surface area contributed by atoms with Crippen LogP contribution in [-0.2, 0) is 20.7 Å². The molecule has 2 N–H and O–H groups in total. The highest BCUT2D eigenvalue weighted by Gasteiger charge is 2.44. The van der Waals surface area contributed by atoms with Crippen LogP contribution >= 0.6 is 11.6 Å². The third kappa shape index (κ3) is 5.52. The smallest absolute Gasteiger partial charge is 0.350 e. The molecule has 1 saturated carbocycles. The van der Waals surface area contributed by atoms with Crippen molar-refractivity contribution < 1.29 is 29.2 Å². The van der Waals surface area contributed by atoms with Crippen molar-refractivity contribution in [3.05, 3.63) is 64.2 Å². The van der Waals surface area contributed by atoms with E-state index in [2.05, 4.69) is 0 Å². The van der Waals surface area contributed by atoms with Gasteiger partial charge in [0, 0.05) is 17.9 Å². The number of esters is 1. The summed E-state index contributed by atoms with van der Waals surface area (Å²) < 4.78 is 17.0. The van der Waals surface area contributed by atoms with Crippen LogP contribution in [0.2, 0.25) is 5.02 Å². The Labute approximate surface area is 199 Å². The van der Waals surface area contributed by atoms with E-state index in [4.69, 9.17) is 25.8 Å². The fourth-order valence-electron chi connectivity index (χ4n) is 4.85. The lowest BCUT2D eigenvalue weighted by atomic mass is 9.94. The first-order valence-electron chi connectivity index (χ1n) is 11.5. The van der Waals surface area contributed by atoms with Crippen molar-refractivity contribution in [1.82, 2.24) is 0 Å². The molecule has 33 heavy (non-hydrogen) atoms. The molecule has 2 fully saturated rings. The molecule has 2 aromatic carbocycles. The van der Waals surface area contributed by atoms with E-state index in [1.54, 1.807) is 0 Å². The molecule has 1 heterocycles. The van der Waals surface area contributed by atoms with Crippen molar-refractivity contribution in [2.45, 2.75) is 68.9 Å². The second kappa shape index (κ2) is 10.4. The quantitative estimate of drug-likeness (QED) is 0.580. The number of ether oxygens (including phenoxy) is 3. The molecule has 0 unspecified atom stereocenters.